The molecule has 1 atom stereocenters. The average molecular weight is 231 g/mol. The number of methoxy groups -OCH3 is 1. The van der Waals surface area contributed by atoms with E-state index in [4.69, 9.17) is 15.6 Å². The van der Waals surface area contributed by atoms with E-state index in [0.717, 1.165) is 6.07 Å². The van der Waals surface area contributed by atoms with Crippen LogP contribution in [0.5, 0.6) is 5.75 Å². The Morgan fingerprint density at radius 1 is 1.44 bits per heavy atom. The molecule has 0 heterocycles. The van der Waals surface area contributed by atoms with Gasteiger partial charge in [-0.15, -0.1) is 0 Å². The van der Waals surface area contributed by atoms with Gasteiger partial charge in [0.1, 0.15) is 5.82 Å². The van der Waals surface area contributed by atoms with Gasteiger partial charge in [-0.1, -0.05) is 0 Å². The summed E-state index contributed by atoms with van der Waals surface area (Å²) in [4.78, 5) is 0. The van der Waals surface area contributed by atoms with Crippen molar-refractivity contribution in [1.82, 2.24) is 0 Å². The second-order valence-electron chi connectivity index (χ2n) is 3.45. The molecule has 3 nitrogen and oxygen atoms in total. The topological polar surface area (TPSA) is 55.5 Å². The third-order valence-corrected chi connectivity index (χ3v) is 2.36. The molecule has 0 radical (unpaired) electrons. The second-order valence-corrected chi connectivity index (χ2v) is 3.45. The Balaban J connectivity index is 3.01. The fourth-order valence-corrected chi connectivity index (χ4v) is 1.50. The minimum atomic E-state index is -0.776. The van der Waals surface area contributed by atoms with Crippen molar-refractivity contribution in [2.45, 2.75) is 18.9 Å². The molecule has 0 aliphatic rings. The Morgan fingerprint density at radius 2 is 2.12 bits per heavy atom. The summed E-state index contributed by atoms with van der Waals surface area (Å²) in [5, 5.41) is 8.63. The first-order chi connectivity index (χ1) is 7.61. The highest BCUT2D eigenvalue weighted by Crippen LogP contribution is 2.28. The predicted molar refractivity (Wildman–Crippen MR) is 56.2 cm³/mol. The molecule has 1 aromatic rings. The van der Waals surface area contributed by atoms with Crippen molar-refractivity contribution >= 4 is 0 Å². The number of ether oxygens (including phenoxy) is 1. The Hall–Kier alpha value is -1.20. The van der Waals surface area contributed by atoms with Crippen LogP contribution in [0, 0.1) is 11.6 Å². The minimum Gasteiger partial charge on any atom is -0.494 e. The van der Waals surface area contributed by atoms with E-state index < -0.39 is 17.7 Å². The van der Waals surface area contributed by atoms with Gasteiger partial charge in [-0.2, -0.15) is 0 Å². The van der Waals surface area contributed by atoms with E-state index in [1.165, 1.54) is 13.2 Å². The summed E-state index contributed by atoms with van der Waals surface area (Å²) >= 11 is 0. The molecule has 0 aromatic heterocycles. The average Bonchev–Trinajstić information content (AvgIpc) is 2.26. The molecular formula is C11H15F2NO2. The lowest BCUT2D eigenvalue weighted by Gasteiger charge is -2.15. The number of nitrogens with two attached hydrogens (primary N) is 1. The summed E-state index contributed by atoms with van der Waals surface area (Å²) < 4.78 is 31.9. The largest absolute Gasteiger partial charge is 0.494 e. The zero-order chi connectivity index (χ0) is 12.1. The maximum Gasteiger partial charge on any atom is 0.172 e. The molecule has 3 N–H and O–H groups in total. The Morgan fingerprint density at radius 3 is 2.69 bits per heavy atom. The maximum atomic E-state index is 13.7. The molecule has 0 saturated heterocycles. The van der Waals surface area contributed by atoms with Crippen LogP contribution in [0.1, 0.15) is 24.4 Å². The van der Waals surface area contributed by atoms with E-state index in [2.05, 4.69) is 0 Å². The summed E-state index contributed by atoms with van der Waals surface area (Å²) in [5.74, 6) is -1.49. The number of hydrogen-bond acceptors (Lipinski definition) is 3. The van der Waals surface area contributed by atoms with Gasteiger partial charge in [0.05, 0.1) is 7.11 Å². The molecule has 0 saturated carbocycles. The fraction of sp³-hybridized carbons (Fsp3) is 0.455. The highest BCUT2D eigenvalue weighted by Gasteiger charge is 2.19. The van der Waals surface area contributed by atoms with Gasteiger partial charge >= 0.3 is 0 Å². The van der Waals surface area contributed by atoms with Gasteiger partial charge in [-0.3, -0.25) is 0 Å². The quantitative estimate of drug-likeness (QED) is 0.811. The molecule has 0 fully saturated rings. The molecule has 1 rings (SSSR count). The van der Waals surface area contributed by atoms with Crippen LogP contribution in [0.4, 0.5) is 8.78 Å². The lowest BCUT2D eigenvalue weighted by atomic mass is 10.0. The highest BCUT2D eigenvalue weighted by atomic mass is 19.1. The first-order valence-electron chi connectivity index (χ1n) is 5.00. The molecule has 0 aliphatic carbocycles. The van der Waals surface area contributed by atoms with Gasteiger partial charge in [0.2, 0.25) is 0 Å². The van der Waals surface area contributed by atoms with Gasteiger partial charge < -0.3 is 15.6 Å². The van der Waals surface area contributed by atoms with E-state index in [9.17, 15) is 8.78 Å². The normalized spacial score (nSPS) is 12.6. The Bertz CT molecular complexity index is 358. The number of aliphatic hydroxyl groups is 1. The molecule has 5 heteroatoms. The maximum absolute atomic E-state index is 13.7. The fourth-order valence-electron chi connectivity index (χ4n) is 1.50. The highest BCUT2D eigenvalue weighted by molar-refractivity contribution is 5.34. The van der Waals surface area contributed by atoms with Crippen LogP contribution in [0.2, 0.25) is 0 Å². The van der Waals surface area contributed by atoms with Gasteiger partial charge in [0.25, 0.3) is 0 Å². The molecule has 0 amide bonds. The molecule has 90 valence electrons. The lowest BCUT2D eigenvalue weighted by molar-refractivity contribution is 0.278. The number of halogens is 2. The third-order valence-electron chi connectivity index (χ3n) is 2.36. The Labute approximate surface area is 92.8 Å². The van der Waals surface area contributed by atoms with Crippen molar-refractivity contribution in [3.05, 3.63) is 29.3 Å². The third kappa shape index (κ3) is 2.68. The first kappa shape index (κ1) is 12.9. The zero-order valence-corrected chi connectivity index (χ0v) is 9.04. The van der Waals surface area contributed by atoms with Crippen LogP contribution in [0.25, 0.3) is 0 Å². The molecular weight excluding hydrogens is 216 g/mol. The summed E-state index contributed by atoms with van der Waals surface area (Å²) in [5.41, 5.74) is 5.47. The van der Waals surface area contributed by atoms with Crippen molar-refractivity contribution in [3.63, 3.8) is 0 Å². The van der Waals surface area contributed by atoms with Crippen LogP contribution in [0.3, 0.4) is 0 Å². The Kier molecular flexibility index (Phi) is 4.64. The molecule has 0 bridgehead atoms. The van der Waals surface area contributed by atoms with Gasteiger partial charge in [0, 0.05) is 18.2 Å². The SMILES string of the molecule is COc1ccc(F)c([C@@H](N)CCCO)c1F. The van der Waals surface area contributed by atoms with Crippen molar-refractivity contribution in [3.8, 4) is 5.75 Å². The molecule has 1 aromatic carbocycles. The summed E-state index contributed by atoms with van der Waals surface area (Å²) in [6, 6.07) is 1.56. The van der Waals surface area contributed by atoms with Crippen LogP contribution >= 0.6 is 0 Å². The van der Waals surface area contributed by atoms with Crippen LogP contribution in [-0.2, 0) is 0 Å². The van der Waals surface area contributed by atoms with Crippen molar-refractivity contribution < 1.29 is 18.6 Å². The molecule has 0 unspecified atom stereocenters. The molecule has 16 heavy (non-hydrogen) atoms. The van der Waals surface area contributed by atoms with Gasteiger partial charge in [-0.25, -0.2) is 8.78 Å². The number of hydrogen-bond donors (Lipinski definition) is 2. The van der Waals surface area contributed by atoms with Crippen LogP contribution < -0.4 is 10.5 Å². The van der Waals surface area contributed by atoms with Crippen molar-refractivity contribution in [2.24, 2.45) is 5.73 Å². The summed E-state index contributed by atoms with van der Waals surface area (Å²) in [6.45, 7) is -0.0547. The lowest BCUT2D eigenvalue weighted by Crippen LogP contribution is -2.15. The van der Waals surface area contributed by atoms with E-state index in [1.807, 2.05) is 0 Å². The second kappa shape index (κ2) is 5.77. The molecule has 0 aliphatic heterocycles. The number of aliphatic hydroxyl groups excluding tert-OH is 1. The van der Waals surface area contributed by atoms with Gasteiger partial charge in [0.15, 0.2) is 11.6 Å². The predicted octanol–water partition coefficient (Wildman–Crippen LogP) is 1.75. The van der Waals surface area contributed by atoms with Crippen LogP contribution in [0.15, 0.2) is 12.1 Å². The first-order valence-corrected chi connectivity index (χ1v) is 5.00. The van der Waals surface area contributed by atoms with Crippen LogP contribution in [-0.4, -0.2) is 18.8 Å². The van der Waals surface area contributed by atoms with E-state index in [-0.39, 0.29) is 17.9 Å². The standard InChI is InChI=1S/C11H15F2NO2/c1-16-9-5-4-7(12)10(11(9)13)8(14)3-2-6-15/h4-5,8,15H,2-3,6,14H2,1H3/t8-/m0/s1. The van der Waals surface area contributed by atoms with E-state index in [0.29, 0.717) is 12.8 Å². The number of benzene rings is 1. The van der Waals surface area contributed by atoms with E-state index >= 15 is 0 Å². The summed E-state index contributed by atoms with van der Waals surface area (Å²) in [6.07, 6.45) is 0.717. The van der Waals surface area contributed by atoms with Crippen molar-refractivity contribution in [1.29, 1.82) is 0 Å². The summed E-state index contributed by atoms with van der Waals surface area (Å²) in [7, 11) is 1.30. The van der Waals surface area contributed by atoms with Gasteiger partial charge in [-0.05, 0) is 25.0 Å². The van der Waals surface area contributed by atoms with E-state index in [1.54, 1.807) is 0 Å². The smallest absolute Gasteiger partial charge is 0.172 e. The van der Waals surface area contributed by atoms with Crippen molar-refractivity contribution in [2.75, 3.05) is 13.7 Å². The minimum absolute atomic E-state index is 0.0316. The molecule has 0 spiro atoms. The monoisotopic (exact) mass is 231 g/mol. The number of rotatable bonds is 5. The zero-order valence-electron chi connectivity index (χ0n) is 9.04.